The fourth-order valence-corrected chi connectivity index (χ4v) is 2.65. The molecule has 18 heavy (non-hydrogen) atoms. The van der Waals surface area contributed by atoms with Crippen LogP contribution in [0.2, 0.25) is 0 Å². The van der Waals surface area contributed by atoms with Crippen LogP contribution in [-0.2, 0) is 15.9 Å². The van der Waals surface area contributed by atoms with Gasteiger partial charge in [0, 0.05) is 24.4 Å². The van der Waals surface area contributed by atoms with Crippen molar-refractivity contribution in [1.82, 2.24) is 5.32 Å². The number of para-hydroxylation sites is 1. The van der Waals surface area contributed by atoms with Gasteiger partial charge in [-0.2, -0.15) is 0 Å². The third-order valence-corrected chi connectivity index (χ3v) is 3.59. The van der Waals surface area contributed by atoms with Crippen molar-refractivity contribution in [3.8, 4) is 5.75 Å². The Labute approximate surface area is 107 Å². The second-order valence-corrected chi connectivity index (χ2v) is 4.68. The fourth-order valence-electron chi connectivity index (χ4n) is 2.65. The third kappa shape index (κ3) is 2.23. The molecule has 4 nitrogen and oxygen atoms in total. The highest BCUT2D eigenvalue weighted by Crippen LogP contribution is 2.35. The second kappa shape index (κ2) is 5.26. The van der Waals surface area contributed by atoms with E-state index in [1.54, 1.807) is 0 Å². The van der Waals surface area contributed by atoms with Gasteiger partial charge >= 0.3 is 0 Å². The number of hydrogen-bond donors (Lipinski definition) is 1. The smallest absolute Gasteiger partial charge is 0.159 e. The number of benzene rings is 1. The molecule has 4 heteroatoms. The first-order valence-electron chi connectivity index (χ1n) is 6.53. The van der Waals surface area contributed by atoms with Gasteiger partial charge in [-0.1, -0.05) is 18.2 Å². The molecule has 1 aromatic carbocycles. The zero-order valence-electron chi connectivity index (χ0n) is 10.6. The Bertz CT molecular complexity index is 416. The van der Waals surface area contributed by atoms with Crippen molar-refractivity contribution in [2.45, 2.75) is 25.2 Å². The first-order chi connectivity index (χ1) is 8.88. The number of nitrogens with one attached hydrogen (secondary N) is 1. The van der Waals surface area contributed by atoms with Crippen molar-refractivity contribution < 1.29 is 14.2 Å². The van der Waals surface area contributed by atoms with Crippen LogP contribution >= 0.6 is 0 Å². The van der Waals surface area contributed by atoms with Crippen LogP contribution in [0, 0.1) is 0 Å². The van der Waals surface area contributed by atoms with Crippen LogP contribution < -0.4 is 10.1 Å². The molecule has 2 aliphatic heterocycles. The van der Waals surface area contributed by atoms with Gasteiger partial charge in [0.25, 0.3) is 0 Å². The van der Waals surface area contributed by atoms with E-state index in [9.17, 15) is 0 Å². The average molecular weight is 249 g/mol. The molecule has 0 aliphatic carbocycles. The molecule has 2 heterocycles. The van der Waals surface area contributed by atoms with Crippen molar-refractivity contribution in [1.29, 1.82) is 0 Å². The summed E-state index contributed by atoms with van der Waals surface area (Å²) >= 11 is 0. The molecular formula is C14H19NO3. The van der Waals surface area contributed by atoms with E-state index < -0.39 is 0 Å². The number of ether oxygens (including phenoxy) is 3. The number of rotatable bonds is 4. The highest BCUT2D eigenvalue weighted by molar-refractivity contribution is 5.45. The maximum Gasteiger partial charge on any atom is 0.159 e. The Morgan fingerprint density at radius 2 is 2.11 bits per heavy atom. The lowest BCUT2D eigenvalue weighted by atomic mass is 9.99. The first kappa shape index (κ1) is 12.0. The molecule has 3 rings (SSSR count). The van der Waals surface area contributed by atoms with Gasteiger partial charge in [0.2, 0.25) is 0 Å². The van der Waals surface area contributed by atoms with Gasteiger partial charge in [-0.25, -0.2) is 0 Å². The quantitative estimate of drug-likeness (QED) is 0.880. The molecule has 1 unspecified atom stereocenters. The van der Waals surface area contributed by atoms with Gasteiger partial charge in [0.05, 0.1) is 19.8 Å². The summed E-state index contributed by atoms with van der Waals surface area (Å²) in [5.74, 6) is 1.05. The van der Waals surface area contributed by atoms with Gasteiger partial charge in [0.1, 0.15) is 5.75 Å². The summed E-state index contributed by atoms with van der Waals surface area (Å²) in [6.07, 6.45) is 1.73. The molecule has 1 saturated heterocycles. The Balaban J connectivity index is 1.80. The van der Waals surface area contributed by atoms with Gasteiger partial charge < -0.3 is 19.5 Å². The van der Waals surface area contributed by atoms with Gasteiger partial charge in [0.15, 0.2) is 6.29 Å². The van der Waals surface area contributed by atoms with Crippen LogP contribution in [0.25, 0.3) is 0 Å². The van der Waals surface area contributed by atoms with Crippen LogP contribution in [0.15, 0.2) is 18.2 Å². The van der Waals surface area contributed by atoms with E-state index in [2.05, 4.69) is 23.5 Å². The molecule has 0 spiro atoms. The van der Waals surface area contributed by atoms with Crippen molar-refractivity contribution in [3.05, 3.63) is 29.3 Å². The summed E-state index contributed by atoms with van der Waals surface area (Å²) in [5, 5.41) is 3.33. The lowest BCUT2D eigenvalue weighted by molar-refractivity contribution is -0.0527. The van der Waals surface area contributed by atoms with Crippen molar-refractivity contribution in [2.24, 2.45) is 0 Å². The summed E-state index contributed by atoms with van der Waals surface area (Å²) in [4.78, 5) is 0. The second-order valence-electron chi connectivity index (χ2n) is 4.68. The standard InChI is InChI=1S/C14H19NO3/c1-15-12(9-13-16-7-8-17-13)11-4-2-3-10-5-6-18-14(10)11/h2-4,12-13,15H,5-9H2,1H3. The van der Waals surface area contributed by atoms with Crippen LogP contribution in [0.4, 0.5) is 0 Å². The Morgan fingerprint density at radius 1 is 1.28 bits per heavy atom. The summed E-state index contributed by atoms with van der Waals surface area (Å²) in [7, 11) is 1.97. The highest BCUT2D eigenvalue weighted by atomic mass is 16.7. The van der Waals surface area contributed by atoms with Crippen LogP contribution in [0.3, 0.4) is 0 Å². The molecule has 0 radical (unpaired) electrons. The SMILES string of the molecule is CNC(CC1OCCO1)c1cccc2c1OCC2. The number of hydrogen-bond acceptors (Lipinski definition) is 4. The molecule has 0 bridgehead atoms. The average Bonchev–Trinajstić information content (AvgIpc) is 3.06. The lowest BCUT2D eigenvalue weighted by Gasteiger charge is -2.21. The van der Waals surface area contributed by atoms with Gasteiger partial charge in [-0.05, 0) is 12.6 Å². The maximum atomic E-state index is 5.76. The van der Waals surface area contributed by atoms with E-state index in [0.29, 0.717) is 13.2 Å². The zero-order chi connectivity index (χ0) is 12.4. The zero-order valence-corrected chi connectivity index (χ0v) is 10.6. The minimum Gasteiger partial charge on any atom is -0.493 e. The lowest BCUT2D eigenvalue weighted by Crippen LogP contribution is -2.23. The predicted octanol–water partition coefficient (Wildman–Crippen LogP) is 1.65. The molecule has 0 aromatic heterocycles. The summed E-state index contributed by atoms with van der Waals surface area (Å²) in [6.45, 7) is 2.19. The monoisotopic (exact) mass is 249 g/mol. The van der Waals surface area contributed by atoms with E-state index >= 15 is 0 Å². The molecule has 2 aliphatic rings. The Hall–Kier alpha value is -1.10. The molecular weight excluding hydrogens is 230 g/mol. The van der Waals surface area contributed by atoms with E-state index in [1.165, 1.54) is 11.1 Å². The van der Waals surface area contributed by atoms with Crippen LogP contribution in [-0.4, -0.2) is 33.2 Å². The van der Waals surface area contributed by atoms with E-state index in [1.807, 2.05) is 7.05 Å². The maximum absolute atomic E-state index is 5.76. The predicted molar refractivity (Wildman–Crippen MR) is 67.8 cm³/mol. The summed E-state index contributed by atoms with van der Waals surface area (Å²) in [6, 6.07) is 6.58. The van der Waals surface area contributed by atoms with Crippen molar-refractivity contribution in [3.63, 3.8) is 0 Å². The number of fused-ring (bicyclic) bond motifs is 1. The molecule has 1 fully saturated rings. The van der Waals surface area contributed by atoms with E-state index in [0.717, 1.165) is 25.2 Å². The Morgan fingerprint density at radius 3 is 2.89 bits per heavy atom. The molecule has 1 aromatic rings. The molecule has 0 amide bonds. The Kier molecular flexibility index (Phi) is 3.50. The third-order valence-electron chi connectivity index (χ3n) is 3.59. The van der Waals surface area contributed by atoms with Crippen molar-refractivity contribution >= 4 is 0 Å². The van der Waals surface area contributed by atoms with Gasteiger partial charge in [-0.3, -0.25) is 0 Å². The fraction of sp³-hybridized carbons (Fsp3) is 0.571. The normalized spacial score (nSPS) is 20.7. The molecule has 98 valence electrons. The topological polar surface area (TPSA) is 39.7 Å². The summed E-state index contributed by atoms with van der Waals surface area (Å²) < 4.78 is 16.8. The van der Waals surface area contributed by atoms with E-state index in [4.69, 9.17) is 14.2 Å². The minimum absolute atomic E-state index is 0.0975. The van der Waals surface area contributed by atoms with Crippen LogP contribution in [0.1, 0.15) is 23.6 Å². The summed E-state index contributed by atoms with van der Waals surface area (Å²) in [5.41, 5.74) is 2.52. The molecule has 1 N–H and O–H groups in total. The minimum atomic E-state index is -0.0975. The first-order valence-corrected chi connectivity index (χ1v) is 6.53. The molecule has 0 saturated carbocycles. The highest BCUT2D eigenvalue weighted by Gasteiger charge is 2.26. The molecule has 1 atom stereocenters. The largest absolute Gasteiger partial charge is 0.493 e. The van der Waals surface area contributed by atoms with Crippen molar-refractivity contribution in [2.75, 3.05) is 26.9 Å². The van der Waals surface area contributed by atoms with Gasteiger partial charge in [-0.15, -0.1) is 0 Å². The van der Waals surface area contributed by atoms with E-state index in [-0.39, 0.29) is 12.3 Å². The van der Waals surface area contributed by atoms with Crippen LogP contribution in [0.5, 0.6) is 5.75 Å².